The fraction of sp³-hybridized carbons (Fsp3) is 0.143. The number of halogens is 1. The maximum absolute atomic E-state index is 2.39. The molecule has 0 nitrogen and oxygen atoms in total. The van der Waals surface area contributed by atoms with Crippen molar-refractivity contribution in [3.05, 3.63) is 56.5 Å². The van der Waals surface area contributed by atoms with Crippen LogP contribution in [0.25, 0.3) is 11.6 Å². The second kappa shape index (κ2) is 3.63. The molecule has 1 aromatic rings. The van der Waals surface area contributed by atoms with Crippen LogP contribution in [0.4, 0.5) is 0 Å². The Morgan fingerprint density at radius 2 is 2.07 bits per heavy atom. The van der Waals surface area contributed by atoms with E-state index in [1.54, 1.807) is 0 Å². The van der Waals surface area contributed by atoms with Crippen molar-refractivity contribution in [1.29, 1.82) is 0 Å². The van der Waals surface area contributed by atoms with E-state index in [1.165, 1.54) is 19.6 Å². The third kappa shape index (κ3) is 1.59. The highest BCUT2D eigenvalue weighted by Crippen LogP contribution is 2.29. The lowest BCUT2D eigenvalue weighted by Crippen LogP contribution is -2.32. The summed E-state index contributed by atoms with van der Waals surface area (Å²) in [5.41, 5.74) is 1.49. The van der Waals surface area contributed by atoms with Gasteiger partial charge in [0.1, 0.15) is 0 Å². The van der Waals surface area contributed by atoms with Crippen LogP contribution in [0.3, 0.4) is 0 Å². The molecule has 0 aromatic heterocycles. The summed E-state index contributed by atoms with van der Waals surface area (Å²) >= 11 is 2.39. The van der Waals surface area contributed by atoms with Gasteiger partial charge >= 0.3 is 0 Å². The van der Waals surface area contributed by atoms with Crippen LogP contribution in [-0.2, 0) is 0 Å². The first-order valence-electron chi connectivity index (χ1n) is 5.19. The summed E-state index contributed by atoms with van der Waals surface area (Å²) in [5.74, 6) is 0.596. The lowest BCUT2D eigenvalue weighted by Gasteiger charge is -2.20. The summed E-state index contributed by atoms with van der Waals surface area (Å²) in [5, 5.41) is 2.80. The average Bonchev–Trinajstić information content (AvgIpc) is 2.29. The van der Waals surface area contributed by atoms with Gasteiger partial charge in [-0.1, -0.05) is 42.5 Å². The minimum atomic E-state index is 0.596. The molecule has 0 spiro atoms. The van der Waals surface area contributed by atoms with Crippen LogP contribution in [0.15, 0.2) is 46.1 Å². The quantitative estimate of drug-likeness (QED) is 0.646. The van der Waals surface area contributed by atoms with Crippen molar-refractivity contribution >= 4 is 34.2 Å². The number of rotatable bonds is 0. The first-order valence-corrected chi connectivity index (χ1v) is 6.27. The first kappa shape index (κ1) is 9.40. The van der Waals surface area contributed by atoms with Gasteiger partial charge < -0.3 is 0 Å². The second-order valence-corrected chi connectivity index (χ2v) is 5.22. The Morgan fingerprint density at radius 3 is 3.00 bits per heavy atom. The largest absolute Gasteiger partial charge is 0.0757 e. The van der Waals surface area contributed by atoms with E-state index in [4.69, 9.17) is 0 Å². The normalized spacial score (nSPS) is 22.6. The van der Waals surface area contributed by atoms with Crippen molar-refractivity contribution in [1.82, 2.24) is 0 Å². The Morgan fingerprint density at radius 1 is 1.20 bits per heavy atom. The molecule has 3 rings (SSSR count). The van der Waals surface area contributed by atoms with Crippen molar-refractivity contribution in [2.75, 3.05) is 0 Å². The van der Waals surface area contributed by atoms with Gasteiger partial charge in [-0.3, -0.25) is 0 Å². The number of benzene rings is 1. The van der Waals surface area contributed by atoms with E-state index in [9.17, 15) is 0 Å². The summed E-state index contributed by atoms with van der Waals surface area (Å²) in [6, 6.07) is 8.68. The van der Waals surface area contributed by atoms with Crippen molar-refractivity contribution in [3.8, 4) is 0 Å². The number of hydrogen-bond acceptors (Lipinski definition) is 0. The molecule has 15 heavy (non-hydrogen) atoms. The van der Waals surface area contributed by atoms with Crippen LogP contribution in [0.2, 0.25) is 0 Å². The van der Waals surface area contributed by atoms with Gasteiger partial charge in [0.05, 0.1) is 0 Å². The van der Waals surface area contributed by atoms with Gasteiger partial charge in [-0.2, -0.15) is 0 Å². The molecule has 0 saturated carbocycles. The van der Waals surface area contributed by atoms with Crippen molar-refractivity contribution in [3.63, 3.8) is 0 Å². The topological polar surface area (TPSA) is 0 Å². The highest BCUT2D eigenvalue weighted by atomic mass is 127. The summed E-state index contributed by atoms with van der Waals surface area (Å²) in [6.07, 6.45) is 10.3. The minimum absolute atomic E-state index is 0.596. The van der Waals surface area contributed by atoms with Crippen LogP contribution >= 0.6 is 22.6 Å². The Bertz CT molecular complexity index is 576. The molecule has 0 fully saturated rings. The molecule has 1 heteroatoms. The summed E-state index contributed by atoms with van der Waals surface area (Å²) in [6.45, 7) is 0. The molecule has 0 N–H and O–H groups in total. The molecule has 1 aromatic carbocycles. The van der Waals surface area contributed by atoms with Gasteiger partial charge in [0.25, 0.3) is 0 Å². The molecule has 2 aliphatic carbocycles. The van der Waals surface area contributed by atoms with Crippen molar-refractivity contribution < 1.29 is 0 Å². The lowest BCUT2D eigenvalue weighted by molar-refractivity contribution is 0.863. The Labute approximate surface area is 103 Å². The van der Waals surface area contributed by atoms with Gasteiger partial charge in [-0.25, -0.2) is 0 Å². The van der Waals surface area contributed by atoms with Crippen LogP contribution in [0, 0.1) is 5.92 Å². The molecule has 1 atom stereocenters. The van der Waals surface area contributed by atoms with Crippen molar-refractivity contribution in [2.24, 2.45) is 5.92 Å². The number of allylic oxidation sites excluding steroid dienone is 4. The van der Waals surface area contributed by atoms with Gasteiger partial charge in [0.2, 0.25) is 0 Å². The molecule has 0 bridgehead atoms. The minimum Gasteiger partial charge on any atom is -0.0757 e. The van der Waals surface area contributed by atoms with E-state index >= 15 is 0 Å². The Hall–Kier alpha value is -0.830. The highest BCUT2D eigenvalue weighted by molar-refractivity contribution is 14.1. The number of fused-ring (bicyclic) bond motifs is 2. The summed E-state index contributed by atoms with van der Waals surface area (Å²) in [4.78, 5) is 0. The molecule has 0 heterocycles. The monoisotopic (exact) mass is 306 g/mol. The molecule has 74 valence electrons. The number of hydrogen-bond donors (Lipinski definition) is 0. The van der Waals surface area contributed by atoms with Gasteiger partial charge in [-0.05, 0) is 51.1 Å². The summed E-state index contributed by atoms with van der Waals surface area (Å²) < 4.78 is 1.33. The first-order chi connectivity index (χ1) is 7.34. The SMILES string of the molecule is IC1=CC2=c3ccccc3=CCC2C=C1. The van der Waals surface area contributed by atoms with Gasteiger partial charge in [0.15, 0.2) is 0 Å². The molecular formula is C14H11I. The van der Waals surface area contributed by atoms with Crippen LogP contribution < -0.4 is 10.4 Å². The standard InChI is InChI=1S/C14H11I/c15-12-8-7-11-6-5-10-3-1-2-4-13(10)14(11)9-12/h1-5,7-9,11H,6H2. The Kier molecular flexibility index (Phi) is 2.28. The fourth-order valence-corrected chi connectivity index (χ4v) is 2.83. The predicted molar refractivity (Wildman–Crippen MR) is 72.9 cm³/mol. The van der Waals surface area contributed by atoms with E-state index in [1.807, 2.05) is 0 Å². The summed E-state index contributed by atoms with van der Waals surface area (Å²) in [7, 11) is 0. The maximum atomic E-state index is 2.39. The van der Waals surface area contributed by atoms with Crippen LogP contribution in [0.1, 0.15) is 6.42 Å². The van der Waals surface area contributed by atoms with Gasteiger partial charge in [-0.15, -0.1) is 0 Å². The second-order valence-electron chi connectivity index (χ2n) is 3.98. The maximum Gasteiger partial charge on any atom is 0.0130 e. The molecule has 2 aliphatic rings. The molecule has 0 saturated heterocycles. The zero-order chi connectivity index (χ0) is 10.3. The Balaban J connectivity index is 2.38. The average molecular weight is 306 g/mol. The third-order valence-electron chi connectivity index (χ3n) is 3.04. The van der Waals surface area contributed by atoms with E-state index < -0.39 is 0 Å². The molecule has 0 radical (unpaired) electrons. The zero-order valence-corrected chi connectivity index (χ0v) is 10.4. The van der Waals surface area contributed by atoms with E-state index in [0.29, 0.717) is 5.92 Å². The van der Waals surface area contributed by atoms with Gasteiger partial charge in [0, 0.05) is 9.50 Å². The van der Waals surface area contributed by atoms with E-state index in [-0.39, 0.29) is 0 Å². The lowest BCUT2D eigenvalue weighted by atomic mass is 9.86. The van der Waals surface area contributed by atoms with Crippen LogP contribution in [0.5, 0.6) is 0 Å². The predicted octanol–water partition coefficient (Wildman–Crippen LogP) is 2.53. The zero-order valence-electron chi connectivity index (χ0n) is 8.28. The van der Waals surface area contributed by atoms with Crippen molar-refractivity contribution in [2.45, 2.75) is 6.42 Å². The molecule has 0 aliphatic heterocycles. The highest BCUT2D eigenvalue weighted by Gasteiger charge is 2.15. The molecule has 0 amide bonds. The van der Waals surface area contributed by atoms with E-state index in [0.717, 1.165) is 6.42 Å². The smallest absolute Gasteiger partial charge is 0.0130 e. The van der Waals surface area contributed by atoms with E-state index in [2.05, 4.69) is 71.2 Å². The van der Waals surface area contributed by atoms with Crippen LogP contribution in [-0.4, -0.2) is 0 Å². The fourth-order valence-electron chi connectivity index (χ4n) is 2.29. The molecular weight excluding hydrogens is 295 g/mol. The molecule has 1 unspecified atom stereocenters. The third-order valence-corrected chi connectivity index (χ3v) is 3.72.